The molecule has 51 heavy (non-hydrogen) atoms. The average molecular weight is 647 g/mol. The summed E-state index contributed by atoms with van der Waals surface area (Å²) in [5.41, 5.74) is 16.9. The third-order valence-electron chi connectivity index (χ3n) is 10.8. The molecule has 0 aromatic heterocycles. The van der Waals surface area contributed by atoms with E-state index in [1.54, 1.807) is 0 Å². The van der Waals surface area contributed by atoms with Crippen molar-refractivity contribution in [3.05, 3.63) is 217 Å². The van der Waals surface area contributed by atoms with Crippen LogP contribution in [0.15, 0.2) is 200 Å². The number of fused-ring (bicyclic) bond motifs is 5. The van der Waals surface area contributed by atoms with Crippen molar-refractivity contribution in [1.29, 1.82) is 0 Å². The fourth-order valence-electron chi connectivity index (χ4n) is 8.53. The van der Waals surface area contributed by atoms with Crippen molar-refractivity contribution in [2.45, 2.75) is 5.92 Å². The van der Waals surface area contributed by atoms with Crippen molar-refractivity contribution in [3.63, 3.8) is 0 Å². The smallest absolute Gasteiger partial charge is 0.0358 e. The first-order valence-electron chi connectivity index (χ1n) is 17.8. The van der Waals surface area contributed by atoms with E-state index in [0.29, 0.717) is 0 Å². The topological polar surface area (TPSA) is 0 Å². The first kappa shape index (κ1) is 29.4. The van der Waals surface area contributed by atoms with E-state index >= 15 is 0 Å². The molecule has 0 heterocycles. The van der Waals surface area contributed by atoms with Gasteiger partial charge in [0.25, 0.3) is 0 Å². The predicted octanol–water partition coefficient (Wildman–Crippen LogP) is 13.8. The van der Waals surface area contributed by atoms with Crippen LogP contribution in [0.5, 0.6) is 0 Å². The summed E-state index contributed by atoms with van der Waals surface area (Å²) in [6, 6.07) is 73.5. The second kappa shape index (κ2) is 12.1. The zero-order valence-corrected chi connectivity index (χ0v) is 28.1. The molecule has 0 amide bonds. The SMILES string of the molecule is c1ccc(-c2c3ccccc3c(-c3ccc(-c4ccc(-c5cccc6c5C(c5ccccc5)c5ccccc5-6)cc4)cc3)c3ccccc23)cc1. The molecule has 238 valence electrons. The Kier molecular flexibility index (Phi) is 6.99. The number of hydrogen-bond acceptors (Lipinski definition) is 0. The molecule has 0 saturated heterocycles. The quantitative estimate of drug-likeness (QED) is 0.163. The summed E-state index contributed by atoms with van der Waals surface area (Å²) < 4.78 is 0. The summed E-state index contributed by atoms with van der Waals surface area (Å²) in [4.78, 5) is 0. The largest absolute Gasteiger partial charge is 0.0622 e. The lowest BCUT2D eigenvalue weighted by Crippen LogP contribution is -2.01. The summed E-state index contributed by atoms with van der Waals surface area (Å²) in [6.07, 6.45) is 0. The third kappa shape index (κ3) is 4.83. The molecule has 9 aromatic rings. The van der Waals surface area contributed by atoms with Crippen LogP contribution in [0.25, 0.3) is 77.2 Å². The lowest BCUT2D eigenvalue weighted by molar-refractivity contribution is 1.02. The van der Waals surface area contributed by atoms with E-state index in [9.17, 15) is 0 Å². The van der Waals surface area contributed by atoms with E-state index in [1.807, 2.05) is 0 Å². The maximum atomic E-state index is 2.30. The van der Waals surface area contributed by atoms with E-state index in [-0.39, 0.29) is 5.92 Å². The van der Waals surface area contributed by atoms with Gasteiger partial charge in [0, 0.05) is 5.92 Å². The molecule has 1 aliphatic rings. The van der Waals surface area contributed by atoms with Crippen LogP contribution < -0.4 is 0 Å². The molecular formula is C51H34. The lowest BCUT2D eigenvalue weighted by Gasteiger charge is -2.18. The Bertz CT molecular complexity index is 2640. The van der Waals surface area contributed by atoms with Crippen LogP contribution in [0.4, 0.5) is 0 Å². The van der Waals surface area contributed by atoms with Gasteiger partial charge in [0.05, 0.1) is 0 Å². The molecule has 1 atom stereocenters. The molecular weight excluding hydrogens is 613 g/mol. The molecule has 0 nitrogen and oxygen atoms in total. The molecule has 9 aromatic carbocycles. The lowest BCUT2D eigenvalue weighted by atomic mass is 9.84. The Balaban J connectivity index is 1.04. The Morgan fingerprint density at radius 1 is 0.255 bits per heavy atom. The third-order valence-corrected chi connectivity index (χ3v) is 10.8. The monoisotopic (exact) mass is 646 g/mol. The Morgan fingerprint density at radius 3 is 1.25 bits per heavy atom. The molecule has 0 fully saturated rings. The maximum Gasteiger partial charge on any atom is 0.0358 e. The second-order valence-electron chi connectivity index (χ2n) is 13.6. The van der Waals surface area contributed by atoms with Crippen LogP contribution in [-0.4, -0.2) is 0 Å². The van der Waals surface area contributed by atoms with E-state index < -0.39 is 0 Å². The minimum Gasteiger partial charge on any atom is -0.0622 e. The van der Waals surface area contributed by atoms with Gasteiger partial charge in [-0.3, -0.25) is 0 Å². The van der Waals surface area contributed by atoms with Gasteiger partial charge in [-0.15, -0.1) is 0 Å². The fraction of sp³-hybridized carbons (Fsp3) is 0.0196. The van der Waals surface area contributed by atoms with Crippen molar-refractivity contribution >= 4 is 21.5 Å². The molecule has 0 aliphatic heterocycles. The highest BCUT2D eigenvalue weighted by Crippen LogP contribution is 2.51. The highest BCUT2D eigenvalue weighted by Gasteiger charge is 2.32. The van der Waals surface area contributed by atoms with E-state index in [2.05, 4.69) is 200 Å². The molecule has 0 N–H and O–H groups in total. The van der Waals surface area contributed by atoms with Gasteiger partial charge in [-0.2, -0.15) is 0 Å². The molecule has 0 heteroatoms. The van der Waals surface area contributed by atoms with E-state index in [4.69, 9.17) is 0 Å². The van der Waals surface area contributed by atoms with Gasteiger partial charge >= 0.3 is 0 Å². The molecule has 1 aliphatic carbocycles. The first-order valence-corrected chi connectivity index (χ1v) is 17.8. The highest BCUT2D eigenvalue weighted by molar-refractivity contribution is 6.21. The van der Waals surface area contributed by atoms with Crippen molar-refractivity contribution in [2.24, 2.45) is 0 Å². The minimum atomic E-state index is 0.217. The zero-order chi connectivity index (χ0) is 33.7. The molecule has 10 rings (SSSR count). The minimum absolute atomic E-state index is 0.217. The normalized spacial score (nSPS) is 13.3. The number of hydrogen-bond donors (Lipinski definition) is 0. The fourth-order valence-corrected chi connectivity index (χ4v) is 8.53. The Labute approximate surface area is 298 Å². The summed E-state index contributed by atoms with van der Waals surface area (Å²) >= 11 is 0. The number of benzene rings is 9. The maximum absolute atomic E-state index is 2.30. The van der Waals surface area contributed by atoms with Gasteiger partial charge in [0.15, 0.2) is 0 Å². The van der Waals surface area contributed by atoms with Crippen molar-refractivity contribution in [1.82, 2.24) is 0 Å². The summed E-state index contributed by atoms with van der Waals surface area (Å²) in [5, 5.41) is 5.11. The summed E-state index contributed by atoms with van der Waals surface area (Å²) in [5.74, 6) is 0.217. The van der Waals surface area contributed by atoms with E-state index in [0.717, 1.165) is 0 Å². The Hall–Kier alpha value is -6.50. The van der Waals surface area contributed by atoms with Crippen molar-refractivity contribution in [2.75, 3.05) is 0 Å². The highest BCUT2D eigenvalue weighted by atomic mass is 14.3. The van der Waals surface area contributed by atoms with Crippen LogP contribution >= 0.6 is 0 Å². The van der Waals surface area contributed by atoms with Gasteiger partial charge in [-0.25, -0.2) is 0 Å². The Morgan fingerprint density at radius 2 is 0.667 bits per heavy atom. The molecule has 0 spiro atoms. The van der Waals surface area contributed by atoms with Crippen LogP contribution in [0, 0.1) is 0 Å². The van der Waals surface area contributed by atoms with Crippen molar-refractivity contribution < 1.29 is 0 Å². The van der Waals surface area contributed by atoms with Gasteiger partial charge in [-0.1, -0.05) is 200 Å². The standard InChI is InChI=1S/C51H34/c1-3-14-37(15-4-1)48-44-20-9-11-22-46(44)49(47-23-12-10-21-45(47)48)39-32-28-35(29-33-39)34-26-30-36(31-27-34)40-24-13-25-43-41-18-7-8-19-42(41)50(51(40)43)38-16-5-2-6-17-38/h1-33,50H. The zero-order valence-electron chi connectivity index (χ0n) is 28.1. The van der Waals surface area contributed by atoms with Crippen LogP contribution in [0.2, 0.25) is 0 Å². The predicted molar refractivity (Wildman–Crippen MR) is 216 cm³/mol. The first-order chi connectivity index (χ1) is 25.3. The second-order valence-corrected chi connectivity index (χ2v) is 13.6. The molecule has 0 bridgehead atoms. The summed E-state index contributed by atoms with van der Waals surface area (Å²) in [6.45, 7) is 0. The van der Waals surface area contributed by atoms with Gasteiger partial charge in [-0.05, 0) is 93.9 Å². The van der Waals surface area contributed by atoms with Crippen LogP contribution in [0.3, 0.4) is 0 Å². The number of rotatable bonds is 5. The molecule has 0 saturated carbocycles. The van der Waals surface area contributed by atoms with Crippen LogP contribution in [0.1, 0.15) is 22.6 Å². The van der Waals surface area contributed by atoms with Gasteiger partial charge in [0.2, 0.25) is 0 Å². The average Bonchev–Trinajstić information content (AvgIpc) is 3.55. The van der Waals surface area contributed by atoms with Crippen LogP contribution in [-0.2, 0) is 0 Å². The molecule has 1 unspecified atom stereocenters. The van der Waals surface area contributed by atoms with Gasteiger partial charge in [0.1, 0.15) is 0 Å². The van der Waals surface area contributed by atoms with E-state index in [1.165, 1.54) is 93.9 Å². The van der Waals surface area contributed by atoms with Crippen molar-refractivity contribution in [3.8, 4) is 55.6 Å². The van der Waals surface area contributed by atoms with Gasteiger partial charge < -0.3 is 0 Å². The molecule has 0 radical (unpaired) electrons. The summed E-state index contributed by atoms with van der Waals surface area (Å²) in [7, 11) is 0.